The van der Waals surface area contributed by atoms with E-state index in [0.29, 0.717) is 18.2 Å². The van der Waals surface area contributed by atoms with Crippen molar-refractivity contribution in [2.45, 2.75) is 25.2 Å². The number of aromatic nitrogens is 2. The van der Waals surface area contributed by atoms with Gasteiger partial charge in [-0.25, -0.2) is 0 Å². The van der Waals surface area contributed by atoms with Gasteiger partial charge < -0.3 is 4.42 Å². The molecule has 1 aliphatic carbocycles. The van der Waals surface area contributed by atoms with Crippen molar-refractivity contribution in [3.63, 3.8) is 0 Å². The lowest BCUT2D eigenvalue weighted by atomic mass is 10.1. The highest BCUT2D eigenvalue weighted by molar-refractivity contribution is 9.10. The fourth-order valence-electron chi connectivity index (χ4n) is 1.65. The maximum atomic E-state index is 5.61. The molecule has 0 amide bonds. The van der Waals surface area contributed by atoms with Crippen LogP contribution in [0.5, 0.6) is 0 Å². The summed E-state index contributed by atoms with van der Waals surface area (Å²) in [7, 11) is 0. The van der Waals surface area contributed by atoms with Crippen LogP contribution in [0.1, 0.15) is 36.1 Å². The van der Waals surface area contributed by atoms with Crippen molar-refractivity contribution in [1.29, 1.82) is 0 Å². The summed E-state index contributed by atoms with van der Waals surface area (Å²) < 4.78 is 6.69. The molecule has 0 aliphatic heterocycles. The van der Waals surface area contributed by atoms with E-state index in [-0.39, 0.29) is 0 Å². The molecule has 0 radical (unpaired) electrons. The highest BCUT2D eigenvalue weighted by atomic mass is 79.9. The monoisotopic (exact) mass is 278 g/mol. The van der Waals surface area contributed by atoms with Crippen LogP contribution < -0.4 is 0 Å². The third-order valence-electron chi connectivity index (χ3n) is 2.65. The van der Waals surface area contributed by atoms with E-state index >= 15 is 0 Å². The number of rotatable bonds is 3. The summed E-state index contributed by atoms with van der Waals surface area (Å²) in [5.41, 5.74) is 1.18. The zero-order chi connectivity index (χ0) is 11.0. The molecule has 1 fully saturated rings. The molecule has 0 unspecified atom stereocenters. The Balaban J connectivity index is 1.77. The predicted molar refractivity (Wildman–Crippen MR) is 63.2 cm³/mol. The lowest BCUT2D eigenvalue weighted by Gasteiger charge is -1.97. The number of hydrogen-bond acceptors (Lipinski definition) is 3. The van der Waals surface area contributed by atoms with Crippen molar-refractivity contribution in [1.82, 2.24) is 10.2 Å². The largest absolute Gasteiger partial charge is 0.425 e. The van der Waals surface area contributed by atoms with E-state index in [1.165, 1.54) is 18.4 Å². The second kappa shape index (κ2) is 4.01. The highest BCUT2D eigenvalue weighted by Gasteiger charge is 2.29. The summed E-state index contributed by atoms with van der Waals surface area (Å²) >= 11 is 3.45. The Kier molecular flexibility index (Phi) is 2.52. The molecule has 1 aromatic carbocycles. The molecule has 82 valence electrons. The molecule has 0 spiro atoms. The van der Waals surface area contributed by atoms with Gasteiger partial charge in [-0.05, 0) is 30.5 Å². The first-order valence-corrected chi connectivity index (χ1v) is 6.17. The van der Waals surface area contributed by atoms with Gasteiger partial charge in [0.15, 0.2) is 0 Å². The Morgan fingerprint density at radius 1 is 1.31 bits per heavy atom. The fraction of sp³-hybridized carbons (Fsp3) is 0.333. The van der Waals surface area contributed by atoms with Crippen molar-refractivity contribution in [3.05, 3.63) is 46.1 Å². The van der Waals surface area contributed by atoms with E-state index in [0.717, 1.165) is 10.4 Å². The van der Waals surface area contributed by atoms with Gasteiger partial charge in [-0.3, -0.25) is 0 Å². The summed E-state index contributed by atoms with van der Waals surface area (Å²) in [5.74, 6) is 2.05. The average Bonchev–Trinajstić information content (AvgIpc) is 3.01. The van der Waals surface area contributed by atoms with E-state index in [1.54, 1.807) is 0 Å². The minimum Gasteiger partial charge on any atom is -0.425 e. The molecule has 1 aromatic heterocycles. The summed E-state index contributed by atoms with van der Waals surface area (Å²) in [6, 6.07) is 8.15. The van der Waals surface area contributed by atoms with Crippen LogP contribution in [0.4, 0.5) is 0 Å². The predicted octanol–water partition coefficient (Wildman–Crippen LogP) is 3.30. The van der Waals surface area contributed by atoms with Gasteiger partial charge >= 0.3 is 0 Å². The minimum absolute atomic E-state index is 0.531. The Labute approximate surface area is 102 Å². The molecule has 0 bridgehead atoms. The van der Waals surface area contributed by atoms with Crippen molar-refractivity contribution in [2.24, 2.45) is 0 Å². The number of hydrogen-bond donors (Lipinski definition) is 0. The number of nitrogens with zero attached hydrogens (tertiary/aromatic N) is 2. The topological polar surface area (TPSA) is 38.9 Å². The first-order chi connectivity index (χ1) is 7.81. The van der Waals surface area contributed by atoms with Crippen LogP contribution in [0.3, 0.4) is 0 Å². The lowest BCUT2D eigenvalue weighted by Crippen LogP contribution is -1.87. The van der Waals surface area contributed by atoms with E-state index in [1.807, 2.05) is 12.1 Å². The first kappa shape index (κ1) is 10.0. The summed E-state index contributed by atoms with van der Waals surface area (Å²) in [5, 5.41) is 8.14. The van der Waals surface area contributed by atoms with Crippen LogP contribution >= 0.6 is 15.9 Å². The minimum atomic E-state index is 0.531. The molecule has 3 nitrogen and oxygen atoms in total. The van der Waals surface area contributed by atoms with Gasteiger partial charge in [0.05, 0.1) is 6.42 Å². The van der Waals surface area contributed by atoms with Crippen molar-refractivity contribution >= 4 is 15.9 Å². The summed E-state index contributed by atoms with van der Waals surface area (Å²) in [6.45, 7) is 0. The molecule has 1 saturated carbocycles. The number of halogens is 1. The van der Waals surface area contributed by atoms with Crippen molar-refractivity contribution in [3.8, 4) is 0 Å². The smallest absolute Gasteiger partial charge is 0.220 e. The highest BCUT2D eigenvalue weighted by Crippen LogP contribution is 2.39. The molecule has 16 heavy (non-hydrogen) atoms. The van der Waals surface area contributed by atoms with E-state index < -0.39 is 0 Å². The molecular weight excluding hydrogens is 268 g/mol. The summed E-state index contributed by atoms with van der Waals surface area (Å²) in [6.07, 6.45) is 3.09. The van der Waals surface area contributed by atoms with Gasteiger partial charge in [0, 0.05) is 10.4 Å². The van der Waals surface area contributed by atoms with Crippen LogP contribution in [0.15, 0.2) is 33.2 Å². The molecule has 4 heteroatoms. The Morgan fingerprint density at radius 3 is 2.94 bits per heavy atom. The first-order valence-electron chi connectivity index (χ1n) is 5.38. The third-order valence-corrected chi connectivity index (χ3v) is 3.15. The zero-order valence-corrected chi connectivity index (χ0v) is 10.3. The van der Waals surface area contributed by atoms with Crippen LogP contribution in [0.2, 0.25) is 0 Å². The maximum absolute atomic E-state index is 5.61. The SMILES string of the molecule is Brc1cccc(Cc2nnc(C3CC3)o2)c1. The summed E-state index contributed by atoms with van der Waals surface area (Å²) in [4.78, 5) is 0. The molecule has 0 saturated heterocycles. The average molecular weight is 279 g/mol. The van der Waals surface area contributed by atoms with Gasteiger partial charge in [-0.1, -0.05) is 28.1 Å². The zero-order valence-electron chi connectivity index (χ0n) is 8.69. The van der Waals surface area contributed by atoms with Gasteiger partial charge in [0.25, 0.3) is 0 Å². The lowest BCUT2D eigenvalue weighted by molar-refractivity contribution is 0.459. The normalized spacial score (nSPS) is 15.3. The number of benzene rings is 1. The standard InChI is InChI=1S/C12H11BrN2O/c13-10-3-1-2-8(6-10)7-11-14-15-12(16-11)9-4-5-9/h1-3,6,9H,4-5,7H2. The molecule has 3 rings (SSSR count). The second-order valence-corrected chi connectivity index (χ2v) is 5.03. The van der Waals surface area contributed by atoms with Gasteiger partial charge in [-0.15, -0.1) is 10.2 Å². The van der Waals surface area contributed by atoms with Crippen LogP contribution in [-0.4, -0.2) is 10.2 Å². The Bertz CT molecular complexity index is 505. The molecular formula is C12H11BrN2O. The van der Waals surface area contributed by atoms with Crippen LogP contribution in [0.25, 0.3) is 0 Å². The van der Waals surface area contributed by atoms with Gasteiger partial charge in [0.1, 0.15) is 0 Å². The molecule has 0 atom stereocenters. The Hall–Kier alpha value is -1.16. The van der Waals surface area contributed by atoms with Crippen LogP contribution in [-0.2, 0) is 6.42 Å². The van der Waals surface area contributed by atoms with Gasteiger partial charge in [-0.2, -0.15) is 0 Å². The third kappa shape index (κ3) is 2.16. The second-order valence-electron chi connectivity index (χ2n) is 4.12. The molecule has 1 aliphatic rings. The molecule has 0 N–H and O–H groups in total. The molecule has 1 heterocycles. The Morgan fingerprint density at radius 2 is 2.19 bits per heavy atom. The van der Waals surface area contributed by atoms with E-state index in [9.17, 15) is 0 Å². The molecule has 2 aromatic rings. The van der Waals surface area contributed by atoms with Crippen LogP contribution in [0, 0.1) is 0 Å². The van der Waals surface area contributed by atoms with Gasteiger partial charge in [0.2, 0.25) is 11.8 Å². The quantitative estimate of drug-likeness (QED) is 0.865. The van der Waals surface area contributed by atoms with Crippen molar-refractivity contribution in [2.75, 3.05) is 0 Å². The van der Waals surface area contributed by atoms with Crippen molar-refractivity contribution < 1.29 is 4.42 Å². The van der Waals surface area contributed by atoms with E-state index in [4.69, 9.17) is 4.42 Å². The van der Waals surface area contributed by atoms with E-state index in [2.05, 4.69) is 38.3 Å². The fourth-order valence-corrected chi connectivity index (χ4v) is 2.10. The maximum Gasteiger partial charge on any atom is 0.220 e.